The van der Waals surface area contributed by atoms with Crippen molar-refractivity contribution in [3.8, 4) is 10.6 Å². The Balaban J connectivity index is 1.76. The third-order valence-corrected chi connectivity index (χ3v) is 4.05. The summed E-state index contributed by atoms with van der Waals surface area (Å²) in [7, 11) is 0. The Morgan fingerprint density at radius 3 is 2.86 bits per heavy atom. The third-order valence-electron chi connectivity index (χ3n) is 3.17. The Bertz CT molecular complexity index is 787. The van der Waals surface area contributed by atoms with Gasteiger partial charge in [0.05, 0.1) is 10.6 Å². The summed E-state index contributed by atoms with van der Waals surface area (Å²) in [4.78, 5) is 17.5. The number of aromatic nitrogens is 1. The van der Waals surface area contributed by atoms with Crippen molar-refractivity contribution in [1.82, 2.24) is 10.3 Å². The van der Waals surface area contributed by atoms with Gasteiger partial charge >= 0.3 is 0 Å². The number of pyridine rings is 1. The fourth-order valence-corrected chi connectivity index (χ4v) is 2.88. The van der Waals surface area contributed by atoms with E-state index in [1.807, 2.05) is 29.6 Å². The summed E-state index contributed by atoms with van der Waals surface area (Å²) in [5.74, 6) is -0.728. The highest BCUT2D eigenvalue weighted by atomic mass is 32.1. The summed E-state index contributed by atoms with van der Waals surface area (Å²) < 4.78 is 13.2. The highest BCUT2D eigenvalue weighted by Gasteiger charge is 2.10. The molecule has 0 bridgehead atoms. The summed E-state index contributed by atoms with van der Waals surface area (Å²) in [6.07, 6.45) is 1.73. The van der Waals surface area contributed by atoms with Crippen LogP contribution in [0.2, 0.25) is 0 Å². The van der Waals surface area contributed by atoms with E-state index in [0.29, 0.717) is 12.1 Å². The van der Waals surface area contributed by atoms with Crippen LogP contribution >= 0.6 is 11.3 Å². The number of carbonyl (C=O) groups excluding carboxylic acids is 1. The van der Waals surface area contributed by atoms with Crippen molar-refractivity contribution in [2.45, 2.75) is 6.54 Å². The second-order valence-electron chi connectivity index (χ2n) is 4.68. The first-order valence-electron chi connectivity index (χ1n) is 6.75. The molecule has 2 aromatic heterocycles. The summed E-state index contributed by atoms with van der Waals surface area (Å²) in [5.41, 5.74) is 2.09. The van der Waals surface area contributed by atoms with Crippen LogP contribution < -0.4 is 5.32 Å². The molecule has 0 aliphatic carbocycles. The Labute approximate surface area is 131 Å². The average Bonchev–Trinajstić information content (AvgIpc) is 3.07. The Hall–Kier alpha value is -2.53. The molecule has 0 atom stereocenters. The van der Waals surface area contributed by atoms with E-state index in [1.54, 1.807) is 23.6 Å². The lowest BCUT2D eigenvalue weighted by Crippen LogP contribution is -2.23. The monoisotopic (exact) mass is 312 g/mol. The minimum Gasteiger partial charge on any atom is -0.348 e. The van der Waals surface area contributed by atoms with Gasteiger partial charge in [-0.25, -0.2) is 4.39 Å². The SMILES string of the molecule is O=C(NCc1cccnc1-c1cccs1)c1cccc(F)c1. The molecule has 0 unspecified atom stereocenters. The first kappa shape index (κ1) is 14.4. The van der Waals surface area contributed by atoms with Gasteiger partial charge in [0.25, 0.3) is 5.91 Å². The Morgan fingerprint density at radius 1 is 1.18 bits per heavy atom. The van der Waals surface area contributed by atoms with Crippen molar-refractivity contribution >= 4 is 17.2 Å². The van der Waals surface area contributed by atoms with Crippen LogP contribution in [0.4, 0.5) is 4.39 Å². The quantitative estimate of drug-likeness (QED) is 0.794. The molecular formula is C17H13FN2OS. The Kier molecular flexibility index (Phi) is 4.25. The maximum Gasteiger partial charge on any atom is 0.251 e. The molecule has 5 heteroatoms. The fourth-order valence-electron chi connectivity index (χ4n) is 2.12. The highest BCUT2D eigenvalue weighted by molar-refractivity contribution is 7.13. The molecule has 0 aliphatic rings. The molecule has 1 amide bonds. The third kappa shape index (κ3) is 3.20. The molecule has 1 N–H and O–H groups in total. The van der Waals surface area contributed by atoms with Gasteiger partial charge in [-0.1, -0.05) is 18.2 Å². The maximum absolute atomic E-state index is 13.2. The topological polar surface area (TPSA) is 42.0 Å². The fraction of sp³-hybridized carbons (Fsp3) is 0.0588. The lowest BCUT2D eigenvalue weighted by molar-refractivity contribution is 0.0950. The summed E-state index contributed by atoms with van der Waals surface area (Å²) in [5, 5.41) is 4.79. The molecule has 0 radical (unpaired) electrons. The molecule has 3 nitrogen and oxygen atoms in total. The maximum atomic E-state index is 13.2. The molecule has 22 heavy (non-hydrogen) atoms. The number of carbonyl (C=O) groups is 1. The zero-order valence-electron chi connectivity index (χ0n) is 11.6. The number of amides is 1. The summed E-state index contributed by atoms with van der Waals surface area (Å²) in [6, 6.07) is 13.3. The molecule has 0 saturated carbocycles. The van der Waals surface area contributed by atoms with Crippen molar-refractivity contribution in [3.63, 3.8) is 0 Å². The molecule has 0 saturated heterocycles. The second kappa shape index (κ2) is 6.49. The zero-order valence-corrected chi connectivity index (χ0v) is 12.4. The molecule has 3 rings (SSSR count). The van der Waals surface area contributed by atoms with E-state index in [-0.39, 0.29) is 5.91 Å². The lowest BCUT2D eigenvalue weighted by Gasteiger charge is -2.09. The van der Waals surface area contributed by atoms with Gasteiger partial charge in [-0.15, -0.1) is 11.3 Å². The van der Waals surface area contributed by atoms with E-state index in [1.165, 1.54) is 18.2 Å². The van der Waals surface area contributed by atoms with Gasteiger partial charge in [0.2, 0.25) is 0 Å². The van der Waals surface area contributed by atoms with Crippen LogP contribution in [0.5, 0.6) is 0 Å². The second-order valence-corrected chi connectivity index (χ2v) is 5.63. The lowest BCUT2D eigenvalue weighted by atomic mass is 10.1. The number of nitrogens with zero attached hydrogens (tertiary/aromatic N) is 1. The van der Waals surface area contributed by atoms with E-state index in [9.17, 15) is 9.18 Å². The predicted molar refractivity (Wildman–Crippen MR) is 85.1 cm³/mol. The average molecular weight is 312 g/mol. The first-order chi connectivity index (χ1) is 10.7. The number of benzene rings is 1. The van der Waals surface area contributed by atoms with Crippen molar-refractivity contribution < 1.29 is 9.18 Å². The molecule has 1 aromatic carbocycles. The smallest absolute Gasteiger partial charge is 0.251 e. The number of rotatable bonds is 4. The van der Waals surface area contributed by atoms with Gasteiger partial charge in [0, 0.05) is 18.3 Å². The molecule has 0 spiro atoms. The molecule has 0 aliphatic heterocycles. The van der Waals surface area contributed by atoms with Crippen LogP contribution in [0.1, 0.15) is 15.9 Å². The molecule has 2 heterocycles. The van der Waals surface area contributed by atoms with Gasteiger partial charge in [-0.2, -0.15) is 0 Å². The highest BCUT2D eigenvalue weighted by Crippen LogP contribution is 2.25. The van der Waals surface area contributed by atoms with Crippen LogP contribution in [0.25, 0.3) is 10.6 Å². The van der Waals surface area contributed by atoms with Gasteiger partial charge in [-0.05, 0) is 41.3 Å². The van der Waals surface area contributed by atoms with Crippen LogP contribution in [0, 0.1) is 5.82 Å². The van der Waals surface area contributed by atoms with Crippen LogP contribution in [0.3, 0.4) is 0 Å². The number of halogens is 1. The normalized spacial score (nSPS) is 10.4. The molecule has 3 aromatic rings. The standard InChI is InChI=1S/C17H13FN2OS/c18-14-6-1-4-12(10-14)17(21)20-11-13-5-2-8-19-16(13)15-7-3-9-22-15/h1-10H,11H2,(H,20,21). The molecule has 0 fully saturated rings. The van der Waals surface area contributed by atoms with Gasteiger partial charge < -0.3 is 5.32 Å². The van der Waals surface area contributed by atoms with E-state index in [0.717, 1.165) is 16.1 Å². The van der Waals surface area contributed by atoms with Crippen LogP contribution in [-0.2, 0) is 6.54 Å². The molecular weight excluding hydrogens is 299 g/mol. The van der Waals surface area contributed by atoms with Crippen LogP contribution in [0.15, 0.2) is 60.1 Å². The van der Waals surface area contributed by atoms with Crippen molar-refractivity contribution in [3.05, 3.63) is 77.1 Å². The molecule has 110 valence electrons. The first-order valence-corrected chi connectivity index (χ1v) is 7.63. The van der Waals surface area contributed by atoms with Crippen molar-refractivity contribution in [1.29, 1.82) is 0 Å². The largest absolute Gasteiger partial charge is 0.348 e. The predicted octanol–water partition coefficient (Wildman–Crippen LogP) is 3.88. The van der Waals surface area contributed by atoms with E-state index >= 15 is 0 Å². The van der Waals surface area contributed by atoms with Crippen molar-refractivity contribution in [2.75, 3.05) is 0 Å². The van der Waals surface area contributed by atoms with E-state index in [4.69, 9.17) is 0 Å². The number of hydrogen-bond acceptors (Lipinski definition) is 3. The van der Waals surface area contributed by atoms with Gasteiger partial charge in [0.15, 0.2) is 0 Å². The van der Waals surface area contributed by atoms with Crippen molar-refractivity contribution in [2.24, 2.45) is 0 Å². The number of hydrogen-bond donors (Lipinski definition) is 1. The minimum atomic E-state index is -0.423. The van der Waals surface area contributed by atoms with E-state index < -0.39 is 5.82 Å². The number of thiophene rings is 1. The minimum absolute atomic E-state index is 0.305. The zero-order chi connectivity index (χ0) is 15.4. The number of nitrogens with one attached hydrogen (secondary N) is 1. The Morgan fingerprint density at radius 2 is 2.09 bits per heavy atom. The van der Waals surface area contributed by atoms with Crippen LogP contribution in [-0.4, -0.2) is 10.9 Å². The van der Waals surface area contributed by atoms with E-state index in [2.05, 4.69) is 10.3 Å². The summed E-state index contributed by atoms with van der Waals surface area (Å²) >= 11 is 1.60. The van der Waals surface area contributed by atoms with Gasteiger partial charge in [-0.3, -0.25) is 9.78 Å². The van der Waals surface area contributed by atoms with Gasteiger partial charge in [0.1, 0.15) is 5.82 Å². The summed E-state index contributed by atoms with van der Waals surface area (Å²) in [6.45, 7) is 0.344.